The molecule has 5 heteroatoms. The molecule has 1 aliphatic heterocycles. The van der Waals surface area contributed by atoms with Crippen molar-refractivity contribution in [1.29, 1.82) is 0 Å². The van der Waals surface area contributed by atoms with Crippen LogP contribution >= 0.6 is 11.3 Å². The minimum absolute atomic E-state index is 0.203. The summed E-state index contributed by atoms with van der Waals surface area (Å²) < 4.78 is 10.7. The molecule has 0 saturated carbocycles. The third-order valence-corrected chi connectivity index (χ3v) is 4.34. The predicted octanol–water partition coefficient (Wildman–Crippen LogP) is 2.43. The first-order valence-electron chi connectivity index (χ1n) is 6.78. The zero-order valence-corrected chi connectivity index (χ0v) is 12.3. The van der Waals surface area contributed by atoms with E-state index >= 15 is 0 Å². The monoisotopic (exact) mass is 283 g/mol. The molecule has 2 atom stereocenters. The van der Waals surface area contributed by atoms with Crippen molar-refractivity contribution in [2.45, 2.75) is 38.8 Å². The van der Waals surface area contributed by atoms with Crippen molar-refractivity contribution in [2.24, 2.45) is 0 Å². The summed E-state index contributed by atoms with van der Waals surface area (Å²) in [6, 6.07) is 1.66. The Hall–Kier alpha value is -0.910. The first-order chi connectivity index (χ1) is 9.22. The maximum absolute atomic E-state index is 12.1. The van der Waals surface area contributed by atoms with Gasteiger partial charge in [-0.15, -0.1) is 11.3 Å². The van der Waals surface area contributed by atoms with Gasteiger partial charge in [0.25, 0.3) is 0 Å². The number of esters is 1. The number of thiophene rings is 1. The fraction of sp³-hybridized carbons (Fsp3) is 0.643. The molecule has 19 heavy (non-hydrogen) atoms. The number of hydrogen-bond acceptors (Lipinski definition) is 5. The summed E-state index contributed by atoms with van der Waals surface area (Å²) in [5.41, 5.74) is 1.13. The van der Waals surface area contributed by atoms with Gasteiger partial charge in [-0.05, 0) is 43.7 Å². The van der Waals surface area contributed by atoms with Crippen molar-refractivity contribution in [3.05, 3.63) is 21.9 Å². The molecule has 0 spiro atoms. The summed E-state index contributed by atoms with van der Waals surface area (Å²) >= 11 is 1.59. The zero-order chi connectivity index (χ0) is 13.7. The van der Waals surface area contributed by atoms with Crippen LogP contribution in [0.5, 0.6) is 0 Å². The molecule has 2 unspecified atom stereocenters. The quantitative estimate of drug-likeness (QED) is 0.815. The second-order valence-electron chi connectivity index (χ2n) is 4.70. The van der Waals surface area contributed by atoms with Crippen molar-refractivity contribution < 1.29 is 14.3 Å². The molecule has 1 saturated heterocycles. The Morgan fingerprint density at radius 1 is 1.68 bits per heavy atom. The van der Waals surface area contributed by atoms with Crippen molar-refractivity contribution in [2.75, 3.05) is 19.8 Å². The van der Waals surface area contributed by atoms with Gasteiger partial charge in [0.1, 0.15) is 6.04 Å². The summed E-state index contributed by atoms with van der Waals surface area (Å²) in [6.45, 7) is 5.78. The smallest absolute Gasteiger partial charge is 0.328 e. The highest BCUT2D eigenvalue weighted by molar-refractivity contribution is 7.10. The Morgan fingerprint density at radius 3 is 3.11 bits per heavy atom. The Labute approximate surface area is 118 Å². The molecule has 2 heterocycles. The van der Waals surface area contributed by atoms with Gasteiger partial charge in [-0.3, -0.25) is 5.32 Å². The van der Waals surface area contributed by atoms with Crippen LogP contribution in [0.1, 0.15) is 36.2 Å². The van der Waals surface area contributed by atoms with Crippen LogP contribution in [-0.2, 0) is 14.3 Å². The van der Waals surface area contributed by atoms with E-state index in [0.717, 1.165) is 29.9 Å². The third kappa shape index (κ3) is 3.78. The fourth-order valence-corrected chi connectivity index (χ4v) is 3.23. The molecule has 1 aliphatic rings. The van der Waals surface area contributed by atoms with E-state index in [0.29, 0.717) is 13.2 Å². The van der Waals surface area contributed by atoms with E-state index in [1.165, 1.54) is 0 Å². The number of carbonyl (C=O) groups excluding carboxylic acids is 1. The summed E-state index contributed by atoms with van der Waals surface area (Å²) in [5.74, 6) is -0.203. The van der Waals surface area contributed by atoms with Crippen LogP contribution in [0.25, 0.3) is 0 Å². The Balaban J connectivity index is 2.01. The molecule has 0 aromatic carbocycles. The number of aryl methyl sites for hydroxylation is 1. The minimum atomic E-state index is -0.371. The van der Waals surface area contributed by atoms with E-state index in [-0.39, 0.29) is 18.1 Å². The highest BCUT2D eigenvalue weighted by atomic mass is 32.1. The van der Waals surface area contributed by atoms with Gasteiger partial charge in [-0.1, -0.05) is 0 Å². The largest absolute Gasteiger partial charge is 0.465 e. The third-order valence-electron chi connectivity index (χ3n) is 3.26. The molecule has 0 amide bonds. The van der Waals surface area contributed by atoms with Gasteiger partial charge in [0.2, 0.25) is 0 Å². The lowest BCUT2D eigenvalue weighted by atomic mass is 10.1. The first-order valence-corrected chi connectivity index (χ1v) is 7.66. The maximum Gasteiger partial charge on any atom is 0.328 e. The topological polar surface area (TPSA) is 47.6 Å². The van der Waals surface area contributed by atoms with Crippen LogP contribution in [0.4, 0.5) is 0 Å². The molecule has 2 rings (SSSR count). The van der Waals surface area contributed by atoms with Gasteiger partial charge in [-0.25, -0.2) is 4.79 Å². The van der Waals surface area contributed by atoms with Gasteiger partial charge < -0.3 is 9.47 Å². The number of hydrogen-bond donors (Lipinski definition) is 1. The highest BCUT2D eigenvalue weighted by Crippen LogP contribution is 2.25. The van der Waals surface area contributed by atoms with E-state index in [1.54, 1.807) is 11.3 Å². The van der Waals surface area contributed by atoms with Gasteiger partial charge in [0.05, 0.1) is 12.7 Å². The van der Waals surface area contributed by atoms with Gasteiger partial charge >= 0.3 is 5.97 Å². The van der Waals surface area contributed by atoms with Gasteiger partial charge in [0.15, 0.2) is 0 Å². The molecule has 0 aliphatic carbocycles. The predicted molar refractivity (Wildman–Crippen MR) is 75.4 cm³/mol. The standard InChI is InChI=1S/C14H21NO3S/c1-3-17-14(16)12(13-10(2)6-8-19-13)15-9-11-5-4-7-18-11/h6,8,11-12,15H,3-5,7,9H2,1-2H3. The van der Waals surface area contributed by atoms with Crippen molar-refractivity contribution in [3.8, 4) is 0 Å². The molecule has 1 fully saturated rings. The molecular formula is C14H21NO3S. The SMILES string of the molecule is CCOC(=O)C(NCC1CCCO1)c1sccc1C. The van der Waals surface area contributed by atoms with E-state index < -0.39 is 0 Å². The van der Waals surface area contributed by atoms with Crippen LogP contribution in [0, 0.1) is 6.92 Å². The van der Waals surface area contributed by atoms with E-state index in [1.807, 2.05) is 25.3 Å². The Kier molecular flexibility index (Phi) is 5.36. The lowest BCUT2D eigenvalue weighted by Gasteiger charge is -2.19. The number of nitrogens with one attached hydrogen (secondary N) is 1. The van der Waals surface area contributed by atoms with Crippen molar-refractivity contribution in [1.82, 2.24) is 5.32 Å². The van der Waals surface area contributed by atoms with Gasteiger partial charge in [-0.2, -0.15) is 0 Å². The lowest BCUT2D eigenvalue weighted by molar-refractivity contribution is -0.145. The van der Waals surface area contributed by atoms with E-state index in [9.17, 15) is 4.79 Å². The number of rotatable bonds is 6. The Bertz CT molecular complexity index is 413. The highest BCUT2D eigenvalue weighted by Gasteiger charge is 2.26. The molecule has 0 bridgehead atoms. The molecule has 1 aromatic rings. The van der Waals surface area contributed by atoms with Crippen LogP contribution in [0.15, 0.2) is 11.4 Å². The number of ether oxygens (including phenoxy) is 2. The summed E-state index contributed by atoms with van der Waals surface area (Å²) in [6.07, 6.45) is 2.39. The van der Waals surface area contributed by atoms with Crippen LogP contribution in [0.3, 0.4) is 0 Å². The van der Waals surface area contributed by atoms with Gasteiger partial charge in [0, 0.05) is 18.0 Å². The maximum atomic E-state index is 12.1. The average molecular weight is 283 g/mol. The van der Waals surface area contributed by atoms with Crippen LogP contribution in [-0.4, -0.2) is 31.8 Å². The van der Waals surface area contributed by atoms with E-state index in [4.69, 9.17) is 9.47 Å². The molecule has 4 nitrogen and oxygen atoms in total. The molecule has 0 radical (unpaired) electrons. The molecular weight excluding hydrogens is 262 g/mol. The normalized spacial score (nSPS) is 20.4. The summed E-state index contributed by atoms with van der Waals surface area (Å²) in [5, 5.41) is 5.30. The van der Waals surface area contributed by atoms with E-state index in [2.05, 4.69) is 5.32 Å². The first kappa shape index (κ1) is 14.5. The van der Waals surface area contributed by atoms with Crippen LogP contribution in [0.2, 0.25) is 0 Å². The van der Waals surface area contributed by atoms with Crippen molar-refractivity contribution >= 4 is 17.3 Å². The fourth-order valence-electron chi connectivity index (χ4n) is 2.24. The van der Waals surface area contributed by atoms with Crippen LogP contribution < -0.4 is 5.32 Å². The molecule has 1 N–H and O–H groups in total. The molecule has 106 valence electrons. The summed E-state index contributed by atoms with van der Waals surface area (Å²) in [7, 11) is 0. The second kappa shape index (κ2) is 7.03. The molecule has 1 aromatic heterocycles. The Morgan fingerprint density at radius 2 is 2.53 bits per heavy atom. The lowest BCUT2D eigenvalue weighted by Crippen LogP contribution is -2.35. The van der Waals surface area contributed by atoms with Crippen molar-refractivity contribution in [3.63, 3.8) is 0 Å². The number of carbonyl (C=O) groups is 1. The second-order valence-corrected chi connectivity index (χ2v) is 5.64. The average Bonchev–Trinajstić information content (AvgIpc) is 3.02. The zero-order valence-electron chi connectivity index (χ0n) is 11.5. The summed E-state index contributed by atoms with van der Waals surface area (Å²) in [4.78, 5) is 13.1. The minimum Gasteiger partial charge on any atom is -0.465 e.